The number of carbonyl (C=O) groups is 1. The molecule has 2 N–H and O–H groups in total. The Morgan fingerprint density at radius 1 is 1.65 bits per heavy atom. The topological polar surface area (TPSA) is 46.3 Å². The first-order chi connectivity index (χ1) is 8.22. The fourth-order valence-corrected chi connectivity index (χ4v) is 3.26. The number of hydrogen-bond donors (Lipinski definition) is 1. The van der Waals surface area contributed by atoms with Crippen molar-refractivity contribution in [2.45, 2.75) is 32.2 Å². The van der Waals surface area contributed by atoms with Crippen molar-refractivity contribution < 1.29 is 4.79 Å². The molecule has 0 aliphatic carbocycles. The van der Waals surface area contributed by atoms with Gasteiger partial charge in [0.2, 0.25) is 5.91 Å². The van der Waals surface area contributed by atoms with Gasteiger partial charge < -0.3 is 10.6 Å². The number of piperidine rings is 1. The van der Waals surface area contributed by atoms with Gasteiger partial charge in [-0.25, -0.2) is 0 Å². The molecule has 94 valence electrons. The monoisotopic (exact) mass is 252 g/mol. The molecular formula is C13H20N2OS. The lowest BCUT2D eigenvalue weighted by atomic mass is 9.90. The first-order valence-corrected chi connectivity index (χ1v) is 7.17. The van der Waals surface area contributed by atoms with E-state index >= 15 is 0 Å². The summed E-state index contributed by atoms with van der Waals surface area (Å²) in [5, 5.41) is 4.06. The van der Waals surface area contributed by atoms with E-state index in [1.54, 1.807) is 11.3 Å². The molecule has 3 nitrogen and oxygen atoms in total. The highest BCUT2D eigenvalue weighted by Crippen LogP contribution is 2.23. The van der Waals surface area contributed by atoms with E-state index in [1.807, 2.05) is 21.7 Å². The summed E-state index contributed by atoms with van der Waals surface area (Å²) in [7, 11) is 0. The van der Waals surface area contributed by atoms with Gasteiger partial charge in [0, 0.05) is 19.1 Å². The molecule has 0 spiro atoms. The van der Waals surface area contributed by atoms with Crippen LogP contribution in [0.25, 0.3) is 0 Å². The van der Waals surface area contributed by atoms with Crippen LogP contribution in [0, 0.1) is 5.92 Å². The highest BCUT2D eigenvalue weighted by Gasteiger charge is 2.30. The lowest BCUT2D eigenvalue weighted by Gasteiger charge is -2.39. The molecule has 1 aliphatic rings. The van der Waals surface area contributed by atoms with E-state index in [4.69, 9.17) is 5.73 Å². The molecule has 2 atom stereocenters. The minimum absolute atomic E-state index is 0.227. The van der Waals surface area contributed by atoms with Gasteiger partial charge in [-0.3, -0.25) is 4.79 Å². The van der Waals surface area contributed by atoms with Crippen LogP contribution in [0.2, 0.25) is 0 Å². The number of carbonyl (C=O) groups excluding carboxylic acids is 1. The second-order valence-electron chi connectivity index (χ2n) is 4.82. The molecule has 1 aromatic rings. The van der Waals surface area contributed by atoms with Gasteiger partial charge in [-0.1, -0.05) is 6.92 Å². The molecule has 0 bridgehead atoms. The van der Waals surface area contributed by atoms with E-state index in [-0.39, 0.29) is 11.9 Å². The highest BCUT2D eigenvalue weighted by atomic mass is 32.1. The number of thiophene rings is 1. The number of amides is 1. The first kappa shape index (κ1) is 12.6. The van der Waals surface area contributed by atoms with E-state index in [0.29, 0.717) is 18.9 Å². The van der Waals surface area contributed by atoms with Crippen LogP contribution in [0.3, 0.4) is 0 Å². The molecule has 2 unspecified atom stereocenters. The van der Waals surface area contributed by atoms with Crippen LogP contribution < -0.4 is 5.73 Å². The van der Waals surface area contributed by atoms with Crippen molar-refractivity contribution in [3.63, 3.8) is 0 Å². The molecule has 0 radical (unpaired) electrons. The van der Waals surface area contributed by atoms with Crippen LogP contribution >= 0.6 is 11.3 Å². The Morgan fingerprint density at radius 3 is 3.12 bits per heavy atom. The predicted molar refractivity (Wildman–Crippen MR) is 71.0 cm³/mol. The average Bonchev–Trinajstić information content (AvgIpc) is 2.81. The summed E-state index contributed by atoms with van der Waals surface area (Å²) in [6, 6.07) is 2.25. The van der Waals surface area contributed by atoms with Crippen molar-refractivity contribution in [2.24, 2.45) is 11.7 Å². The van der Waals surface area contributed by atoms with Crippen LogP contribution in [0.4, 0.5) is 0 Å². The van der Waals surface area contributed by atoms with Gasteiger partial charge in [-0.2, -0.15) is 11.3 Å². The fourth-order valence-electron chi connectivity index (χ4n) is 2.59. The zero-order valence-corrected chi connectivity index (χ0v) is 11.1. The fraction of sp³-hybridized carbons (Fsp3) is 0.615. The number of nitrogens with zero attached hydrogens (tertiary/aromatic N) is 1. The van der Waals surface area contributed by atoms with Crippen molar-refractivity contribution in [2.75, 3.05) is 13.1 Å². The summed E-state index contributed by atoms with van der Waals surface area (Å²) in [4.78, 5) is 14.2. The third kappa shape index (κ3) is 2.87. The first-order valence-electron chi connectivity index (χ1n) is 6.23. The Hall–Kier alpha value is -0.870. The summed E-state index contributed by atoms with van der Waals surface area (Å²) in [5.41, 5.74) is 6.92. The van der Waals surface area contributed by atoms with E-state index in [0.717, 1.165) is 18.5 Å². The average molecular weight is 252 g/mol. The summed E-state index contributed by atoms with van der Waals surface area (Å²) < 4.78 is 0. The molecular weight excluding hydrogens is 232 g/mol. The molecule has 4 heteroatoms. The summed E-state index contributed by atoms with van der Waals surface area (Å²) >= 11 is 1.64. The quantitative estimate of drug-likeness (QED) is 0.892. The minimum atomic E-state index is 0.227. The maximum Gasteiger partial charge on any atom is 0.227 e. The minimum Gasteiger partial charge on any atom is -0.338 e. The predicted octanol–water partition coefficient (Wildman–Crippen LogP) is 1.88. The standard InChI is InChI=1S/C13H20N2OS/c1-10-3-2-5-15(12(10)8-14)13(16)7-11-4-6-17-9-11/h4,6,9-10,12H,2-3,5,7-8,14H2,1H3. The zero-order chi connectivity index (χ0) is 12.3. The molecule has 2 heterocycles. The van der Waals surface area contributed by atoms with Crippen LogP contribution in [0.1, 0.15) is 25.3 Å². The van der Waals surface area contributed by atoms with Gasteiger partial charge in [0.05, 0.1) is 6.42 Å². The Bertz CT molecular complexity index is 364. The Kier molecular flexibility index (Phi) is 4.18. The molecule has 17 heavy (non-hydrogen) atoms. The lowest BCUT2D eigenvalue weighted by Crippen LogP contribution is -2.51. The van der Waals surface area contributed by atoms with Crippen molar-refractivity contribution in [3.05, 3.63) is 22.4 Å². The largest absolute Gasteiger partial charge is 0.338 e. The van der Waals surface area contributed by atoms with Crippen molar-refractivity contribution in [3.8, 4) is 0 Å². The maximum atomic E-state index is 12.3. The molecule has 0 saturated carbocycles. The Morgan fingerprint density at radius 2 is 2.47 bits per heavy atom. The molecule has 2 rings (SSSR count). The molecule has 0 aromatic carbocycles. The molecule has 1 fully saturated rings. The molecule has 1 saturated heterocycles. The zero-order valence-electron chi connectivity index (χ0n) is 10.3. The Balaban J connectivity index is 2.02. The smallest absolute Gasteiger partial charge is 0.227 e. The third-order valence-corrected chi connectivity index (χ3v) is 4.35. The van der Waals surface area contributed by atoms with Gasteiger partial charge in [0.25, 0.3) is 0 Å². The normalized spacial score (nSPS) is 24.9. The van der Waals surface area contributed by atoms with Gasteiger partial charge >= 0.3 is 0 Å². The van der Waals surface area contributed by atoms with Gasteiger partial charge in [0.15, 0.2) is 0 Å². The van der Waals surface area contributed by atoms with Crippen LogP contribution in [0.5, 0.6) is 0 Å². The highest BCUT2D eigenvalue weighted by molar-refractivity contribution is 7.07. The molecule has 1 amide bonds. The number of rotatable bonds is 3. The van der Waals surface area contributed by atoms with Crippen LogP contribution in [-0.2, 0) is 11.2 Å². The van der Waals surface area contributed by atoms with Crippen molar-refractivity contribution >= 4 is 17.2 Å². The number of nitrogens with two attached hydrogens (primary N) is 1. The summed E-state index contributed by atoms with van der Waals surface area (Å²) in [6.07, 6.45) is 2.81. The van der Waals surface area contributed by atoms with Gasteiger partial charge in [0.1, 0.15) is 0 Å². The van der Waals surface area contributed by atoms with Crippen LogP contribution in [0.15, 0.2) is 16.8 Å². The second-order valence-corrected chi connectivity index (χ2v) is 5.60. The van der Waals surface area contributed by atoms with Crippen LogP contribution in [-0.4, -0.2) is 29.9 Å². The molecule has 1 aliphatic heterocycles. The van der Waals surface area contributed by atoms with E-state index < -0.39 is 0 Å². The van der Waals surface area contributed by atoms with E-state index in [2.05, 4.69) is 6.92 Å². The number of hydrogen-bond acceptors (Lipinski definition) is 3. The summed E-state index contributed by atoms with van der Waals surface area (Å²) in [5.74, 6) is 0.755. The SMILES string of the molecule is CC1CCCN(C(=O)Cc2ccsc2)C1CN. The number of likely N-dealkylation sites (tertiary alicyclic amines) is 1. The third-order valence-electron chi connectivity index (χ3n) is 3.61. The second kappa shape index (κ2) is 5.65. The van der Waals surface area contributed by atoms with Gasteiger partial charge in [-0.05, 0) is 41.1 Å². The van der Waals surface area contributed by atoms with Crippen molar-refractivity contribution in [1.82, 2.24) is 4.90 Å². The van der Waals surface area contributed by atoms with E-state index in [9.17, 15) is 4.79 Å². The van der Waals surface area contributed by atoms with E-state index in [1.165, 1.54) is 6.42 Å². The molecule has 1 aromatic heterocycles. The summed E-state index contributed by atoms with van der Waals surface area (Å²) in [6.45, 7) is 3.65. The van der Waals surface area contributed by atoms with Gasteiger partial charge in [-0.15, -0.1) is 0 Å². The lowest BCUT2D eigenvalue weighted by molar-refractivity contribution is -0.135. The van der Waals surface area contributed by atoms with Crippen molar-refractivity contribution in [1.29, 1.82) is 0 Å². The maximum absolute atomic E-state index is 12.3. The Labute approximate surface area is 107 Å².